The van der Waals surface area contributed by atoms with Crippen LogP contribution >= 0.6 is 11.6 Å². The molecule has 0 spiro atoms. The number of carbonyl (C=O) groups is 1. The van der Waals surface area contributed by atoms with E-state index < -0.39 is 0 Å². The van der Waals surface area contributed by atoms with Gasteiger partial charge in [0.2, 0.25) is 0 Å². The van der Waals surface area contributed by atoms with Crippen LogP contribution in [-0.4, -0.2) is 11.0 Å². The molecular weight excluding hydrogens is 250 g/mol. The molecule has 92 valence electrons. The van der Waals surface area contributed by atoms with E-state index in [1.54, 1.807) is 48.5 Å². The summed E-state index contributed by atoms with van der Waals surface area (Å²) < 4.78 is 0. The number of carbonyl (C=O) groups excluding carboxylic acids is 1. The van der Waals surface area contributed by atoms with Gasteiger partial charge in [0.05, 0.1) is 0 Å². The van der Waals surface area contributed by atoms with E-state index in [2.05, 4.69) is 5.32 Å². The summed E-state index contributed by atoms with van der Waals surface area (Å²) in [5.41, 5.74) is 1.49. The van der Waals surface area contributed by atoms with Gasteiger partial charge in [-0.3, -0.25) is 4.79 Å². The third kappa shape index (κ3) is 3.25. The van der Waals surface area contributed by atoms with Crippen molar-refractivity contribution in [1.82, 2.24) is 5.32 Å². The van der Waals surface area contributed by atoms with Gasteiger partial charge >= 0.3 is 0 Å². The normalized spacial score (nSPS) is 10.1. The van der Waals surface area contributed by atoms with Crippen LogP contribution in [-0.2, 0) is 6.54 Å². The zero-order valence-corrected chi connectivity index (χ0v) is 10.3. The molecule has 0 aliphatic heterocycles. The molecule has 2 N–H and O–H groups in total. The molecule has 0 fully saturated rings. The maximum atomic E-state index is 11.8. The van der Waals surface area contributed by atoms with Gasteiger partial charge in [0.25, 0.3) is 5.91 Å². The predicted molar refractivity (Wildman–Crippen MR) is 70.7 cm³/mol. The lowest BCUT2D eigenvalue weighted by atomic mass is 10.2. The molecule has 0 aromatic heterocycles. The Morgan fingerprint density at radius 3 is 2.28 bits per heavy atom. The lowest BCUT2D eigenvalue weighted by Crippen LogP contribution is -2.22. The van der Waals surface area contributed by atoms with Crippen LogP contribution in [0.4, 0.5) is 0 Å². The number of phenols is 1. The monoisotopic (exact) mass is 261 g/mol. The van der Waals surface area contributed by atoms with Gasteiger partial charge < -0.3 is 10.4 Å². The Balaban J connectivity index is 1.96. The van der Waals surface area contributed by atoms with Crippen molar-refractivity contribution in [3.05, 3.63) is 64.7 Å². The van der Waals surface area contributed by atoms with Crippen molar-refractivity contribution in [3.63, 3.8) is 0 Å². The standard InChI is InChI=1S/C14H12ClNO2/c15-12-5-3-11(4-6-12)14(18)16-9-10-1-7-13(17)8-2-10/h1-8,17H,9H2,(H,16,18). The van der Waals surface area contributed by atoms with E-state index in [1.165, 1.54) is 0 Å². The number of rotatable bonds is 3. The number of nitrogens with one attached hydrogen (secondary N) is 1. The average Bonchev–Trinajstić information content (AvgIpc) is 2.38. The van der Waals surface area contributed by atoms with Gasteiger partial charge in [-0.25, -0.2) is 0 Å². The SMILES string of the molecule is O=C(NCc1ccc(O)cc1)c1ccc(Cl)cc1. The third-order valence-electron chi connectivity index (χ3n) is 2.50. The zero-order valence-electron chi connectivity index (χ0n) is 9.56. The van der Waals surface area contributed by atoms with Crippen molar-refractivity contribution >= 4 is 17.5 Å². The van der Waals surface area contributed by atoms with Gasteiger partial charge in [-0.05, 0) is 42.0 Å². The Morgan fingerprint density at radius 2 is 1.67 bits per heavy atom. The summed E-state index contributed by atoms with van der Waals surface area (Å²) >= 11 is 5.75. The molecule has 18 heavy (non-hydrogen) atoms. The molecule has 0 aliphatic carbocycles. The zero-order chi connectivity index (χ0) is 13.0. The number of benzene rings is 2. The molecule has 2 aromatic rings. The Morgan fingerprint density at radius 1 is 1.06 bits per heavy atom. The number of hydrogen-bond acceptors (Lipinski definition) is 2. The fraction of sp³-hybridized carbons (Fsp3) is 0.0714. The molecule has 0 saturated carbocycles. The number of amides is 1. The fourth-order valence-corrected chi connectivity index (χ4v) is 1.63. The van der Waals surface area contributed by atoms with E-state index in [4.69, 9.17) is 16.7 Å². The summed E-state index contributed by atoms with van der Waals surface area (Å²) in [6.45, 7) is 0.418. The molecule has 0 aliphatic rings. The van der Waals surface area contributed by atoms with Crippen LogP contribution in [0.2, 0.25) is 5.02 Å². The van der Waals surface area contributed by atoms with E-state index in [1.807, 2.05) is 0 Å². The molecule has 1 amide bonds. The summed E-state index contributed by atoms with van der Waals surface area (Å²) in [6.07, 6.45) is 0. The molecular formula is C14H12ClNO2. The molecule has 2 rings (SSSR count). The van der Waals surface area contributed by atoms with Gasteiger partial charge in [0.15, 0.2) is 0 Å². The van der Waals surface area contributed by atoms with Gasteiger partial charge in [-0.1, -0.05) is 23.7 Å². The highest BCUT2D eigenvalue weighted by Crippen LogP contribution is 2.11. The molecule has 0 atom stereocenters. The minimum Gasteiger partial charge on any atom is -0.508 e. The lowest BCUT2D eigenvalue weighted by molar-refractivity contribution is 0.0951. The van der Waals surface area contributed by atoms with E-state index in [9.17, 15) is 4.79 Å². The van der Waals surface area contributed by atoms with Gasteiger partial charge in [-0.2, -0.15) is 0 Å². The predicted octanol–water partition coefficient (Wildman–Crippen LogP) is 2.98. The minimum atomic E-state index is -0.153. The van der Waals surface area contributed by atoms with E-state index in [-0.39, 0.29) is 11.7 Å². The summed E-state index contributed by atoms with van der Waals surface area (Å²) in [5, 5.41) is 12.5. The number of hydrogen-bond donors (Lipinski definition) is 2. The minimum absolute atomic E-state index is 0.153. The second-order valence-electron chi connectivity index (χ2n) is 3.86. The quantitative estimate of drug-likeness (QED) is 0.892. The Hall–Kier alpha value is -2.00. The topological polar surface area (TPSA) is 49.3 Å². The molecule has 0 saturated heterocycles. The highest BCUT2D eigenvalue weighted by Gasteiger charge is 2.04. The van der Waals surface area contributed by atoms with Crippen molar-refractivity contribution in [1.29, 1.82) is 0 Å². The van der Waals surface area contributed by atoms with E-state index in [0.29, 0.717) is 17.1 Å². The van der Waals surface area contributed by atoms with Crippen LogP contribution in [0, 0.1) is 0 Å². The smallest absolute Gasteiger partial charge is 0.251 e. The maximum Gasteiger partial charge on any atom is 0.251 e. The van der Waals surface area contributed by atoms with Crippen molar-refractivity contribution in [2.45, 2.75) is 6.54 Å². The van der Waals surface area contributed by atoms with Crippen molar-refractivity contribution < 1.29 is 9.90 Å². The average molecular weight is 262 g/mol. The van der Waals surface area contributed by atoms with Crippen LogP contribution in [0.1, 0.15) is 15.9 Å². The van der Waals surface area contributed by atoms with E-state index in [0.717, 1.165) is 5.56 Å². The first-order valence-electron chi connectivity index (χ1n) is 5.47. The van der Waals surface area contributed by atoms with Crippen molar-refractivity contribution in [2.75, 3.05) is 0 Å². The largest absolute Gasteiger partial charge is 0.508 e. The highest BCUT2D eigenvalue weighted by atomic mass is 35.5. The van der Waals surface area contributed by atoms with Crippen LogP contribution in [0.5, 0.6) is 5.75 Å². The van der Waals surface area contributed by atoms with Crippen LogP contribution in [0.3, 0.4) is 0 Å². The van der Waals surface area contributed by atoms with E-state index >= 15 is 0 Å². The van der Waals surface area contributed by atoms with Crippen LogP contribution < -0.4 is 5.32 Å². The van der Waals surface area contributed by atoms with Crippen molar-refractivity contribution in [3.8, 4) is 5.75 Å². The molecule has 0 unspecified atom stereocenters. The van der Waals surface area contributed by atoms with Gasteiger partial charge in [0, 0.05) is 17.1 Å². The second kappa shape index (κ2) is 5.56. The maximum absolute atomic E-state index is 11.8. The first-order valence-corrected chi connectivity index (χ1v) is 5.84. The molecule has 2 aromatic carbocycles. The Labute approximate surface area is 110 Å². The van der Waals surface area contributed by atoms with Crippen LogP contribution in [0.25, 0.3) is 0 Å². The van der Waals surface area contributed by atoms with Crippen molar-refractivity contribution in [2.24, 2.45) is 0 Å². The highest BCUT2D eigenvalue weighted by molar-refractivity contribution is 6.30. The second-order valence-corrected chi connectivity index (χ2v) is 4.29. The lowest BCUT2D eigenvalue weighted by Gasteiger charge is -2.05. The summed E-state index contributed by atoms with van der Waals surface area (Å²) in [5.74, 6) is 0.0579. The van der Waals surface area contributed by atoms with Gasteiger partial charge in [-0.15, -0.1) is 0 Å². The summed E-state index contributed by atoms with van der Waals surface area (Å²) in [4.78, 5) is 11.8. The number of aromatic hydroxyl groups is 1. The molecule has 0 radical (unpaired) electrons. The number of phenolic OH excluding ortho intramolecular Hbond substituents is 1. The molecule has 3 nitrogen and oxygen atoms in total. The Bertz CT molecular complexity index is 535. The third-order valence-corrected chi connectivity index (χ3v) is 2.75. The molecule has 0 heterocycles. The summed E-state index contributed by atoms with van der Waals surface area (Å²) in [6, 6.07) is 13.4. The molecule has 0 bridgehead atoms. The van der Waals surface area contributed by atoms with Gasteiger partial charge in [0.1, 0.15) is 5.75 Å². The first-order chi connectivity index (χ1) is 8.65. The Kier molecular flexibility index (Phi) is 3.85. The first kappa shape index (κ1) is 12.5. The molecule has 4 heteroatoms. The fourth-order valence-electron chi connectivity index (χ4n) is 1.50. The number of halogens is 1. The summed E-state index contributed by atoms with van der Waals surface area (Å²) in [7, 11) is 0. The van der Waals surface area contributed by atoms with Crippen LogP contribution in [0.15, 0.2) is 48.5 Å².